The number of piperidine rings is 1. The lowest BCUT2D eigenvalue weighted by atomic mass is 10.1. The Morgan fingerprint density at radius 2 is 2.00 bits per heavy atom. The van der Waals surface area contributed by atoms with Gasteiger partial charge < -0.3 is 15.4 Å². The second kappa shape index (κ2) is 6.10. The van der Waals surface area contributed by atoms with Crippen LogP contribution in [-0.2, 0) is 0 Å². The van der Waals surface area contributed by atoms with Gasteiger partial charge in [-0.05, 0) is 64.4 Å². The van der Waals surface area contributed by atoms with Crippen LogP contribution >= 0.6 is 0 Å². The fraction of sp³-hybridized carbons (Fsp3) is 0.600. The second-order valence-corrected chi connectivity index (χ2v) is 5.33. The van der Waals surface area contributed by atoms with Gasteiger partial charge in [0, 0.05) is 6.04 Å². The van der Waals surface area contributed by atoms with E-state index in [1.165, 1.54) is 18.4 Å². The molecule has 1 heterocycles. The van der Waals surface area contributed by atoms with E-state index in [0.29, 0.717) is 6.04 Å². The lowest BCUT2D eigenvalue weighted by molar-refractivity contribution is 0.243. The van der Waals surface area contributed by atoms with Crippen molar-refractivity contribution in [1.82, 2.24) is 5.32 Å². The van der Waals surface area contributed by atoms with E-state index in [2.05, 4.69) is 49.6 Å². The molecule has 1 aliphatic rings. The predicted octanol–water partition coefficient (Wildman–Crippen LogP) is 2.95. The topological polar surface area (TPSA) is 33.3 Å². The highest BCUT2D eigenvalue weighted by atomic mass is 16.5. The molecular formula is C15H24N2O. The third kappa shape index (κ3) is 3.64. The third-order valence-corrected chi connectivity index (χ3v) is 3.20. The summed E-state index contributed by atoms with van der Waals surface area (Å²) in [5.74, 6) is 0.967. The molecule has 3 heteroatoms. The van der Waals surface area contributed by atoms with E-state index in [0.717, 1.165) is 24.5 Å². The van der Waals surface area contributed by atoms with Crippen LogP contribution in [0.15, 0.2) is 18.2 Å². The van der Waals surface area contributed by atoms with Gasteiger partial charge in [0.15, 0.2) is 0 Å². The summed E-state index contributed by atoms with van der Waals surface area (Å²) in [6.07, 6.45) is 2.56. The molecule has 0 atom stereocenters. The number of ether oxygens (including phenoxy) is 1. The van der Waals surface area contributed by atoms with Crippen molar-refractivity contribution in [3.05, 3.63) is 23.8 Å². The van der Waals surface area contributed by atoms with Gasteiger partial charge in [-0.25, -0.2) is 0 Å². The fourth-order valence-electron chi connectivity index (χ4n) is 2.30. The highest BCUT2D eigenvalue weighted by molar-refractivity contribution is 5.58. The Morgan fingerprint density at radius 1 is 1.28 bits per heavy atom. The monoisotopic (exact) mass is 248 g/mol. The van der Waals surface area contributed by atoms with Crippen LogP contribution in [0.25, 0.3) is 0 Å². The van der Waals surface area contributed by atoms with Gasteiger partial charge >= 0.3 is 0 Å². The summed E-state index contributed by atoms with van der Waals surface area (Å²) in [7, 11) is 0. The van der Waals surface area contributed by atoms with Gasteiger partial charge in [0.1, 0.15) is 5.75 Å². The van der Waals surface area contributed by atoms with Gasteiger partial charge in [0.2, 0.25) is 0 Å². The van der Waals surface area contributed by atoms with Crippen LogP contribution in [0, 0.1) is 6.92 Å². The molecule has 1 saturated heterocycles. The molecule has 1 aliphatic heterocycles. The number of hydrogen-bond acceptors (Lipinski definition) is 3. The van der Waals surface area contributed by atoms with Crippen LogP contribution in [0.2, 0.25) is 0 Å². The lowest BCUT2D eigenvalue weighted by Gasteiger charge is -2.26. The van der Waals surface area contributed by atoms with Gasteiger partial charge in [-0.1, -0.05) is 6.07 Å². The maximum Gasteiger partial charge on any atom is 0.142 e. The Hall–Kier alpha value is -1.22. The number of nitrogens with one attached hydrogen (secondary N) is 2. The first kappa shape index (κ1) is 13.2. The van der Waals surface area contributed by atoms with Crippen LogP contribution < -0.4 is 15.4 Å². The van der Waals surface area contributed by atoms with Crippen molar-refractivity contribution in [3.63, 3.8) is 0 Å². The van der Waals surface area contributed by atoms with Gasteiger partial charge in [0.05, 0.1) is 11.8 Å². The highest BCUT2D eigenvalue weighted by Gasteiger charge is 2.15. The van der Waals surface area contributed by atoms with Crippen molar-refractivity contribution >= 4 is 5.69 Å². The van der Waals surface area contributed by atoms with Crippen LogP contribution in [0.4, 0.5) is 5.69 Å². The summed E-state index contributed by atoms with van der Waals surface area (Å²) in [5, 5.41) is 7.02. The number of rotatable bonds is 4. The Morgan fingerprint density at radius 3 is 2.67 bits per heavy atom. The molecule has 1 fully saturated rings. The molecule has 0 spiro atoms. The lowest BCUT2D eigenvalue weighted by Crippen LogP contribution is -2.35. The van der Waals surface area contributed by atoms with E-state index in [1.54, 1.807) is 0 Å². The molecule has 0 saturated carbocycles. The molecule has 0 aliphatic carbocycles. The molecule has 3 nitrogen and oxygen atoms in total. The van der Waals surface area contributed by atoms with Gasteiger partial charge in [-0.2, -0.15) is 0 Å². The smallest absolute Gasteiger partial charge is 0.142 e. The van der Waals surface area contributed by atoms with Crippen LogP contribution in [-0.4, -0.2) is 25.2 Å². The maximum atomic E-state index is 5.86. The van der Waals surface area contributed by atoms with E-state index < -0.39 is 0 Å². The van der Waals surface area contributed by atoms with Crippen molar-refractivity contribution in [2.45, 2.75) is 45.8 Å². The maximum absolute atomic E-state index is 5.86. The van der Waals surface area contributed by atoms with Crippen molar-refractivity contribution in [2.75, 3.05) is 18.4 Å². The van der Waals surface area contributed by atoms with Crippen molar-refractivity contribution in [3.8, 4) is 5.75 Å². The molecule has 1 aromatic rings. The normalized spacial score (nSPS) is 16.9. The molecule has 100 valence electrons. The van der Waals surface area contributed by atoms with E-state index in [-0.39, 0.29) is 6.10 Å². The molecular weight excluding hydrogens is 224 g/mol. The molecule has 2 rings (SSSR count). The first-order valence-electron chi connectivity index (χ1n) is 6.89. The van der Waals surface area contributed by atoms with Crippen molar-refractivity contribution in [1.29, 1.82) is 0 Å². The molecule has 2 N–H and O–H groups in total. The standard InChI is InChI=1S/C15H24N2O/c1-11(2)18-15-5-4-12(3)10-14(15)17-13-6-8-16-9-7-13/h4-5,10-11,13,16-17H,6-9H2,1-3H3. The van der Waals surface area contributed by atoms with Gasteiger partial charge in [0.25, 0.3) is 0 Å². The van der Waals surface area contributed by atoms with Gasteiger partial charge in [-0.3, -0.25) is 0 Å². The zero-order chi connectivity index (χ0) is 13.0. The Bertz CT molecular complexity index is 384. The molecule has 18 heavy (non-hydrogen) atoms. The number of anilines is 1. The second-order valence-electron chi connectivity index (χ2n) is 5.33. The van der Waals surface area contributed by atoms with E-state index >= 15 is 0 Å². The minimum absolute atomic E-state index is 0.210. The average Bonchev–Trinajstić information content (AvgIpc) is 2.33. The summed E-state index contributed by atoms with van der Waals surface area (Å²) in [6, 6.07) is 6.91. The van der Waals surface area contributed by atoms with E-state index in [1.807, 2.05) is 0 Å². The number of benzene rings is 1. The number of aryl methyl sites for hydroxylation is 1. The van der Waals surface area contributed by atoms with E-state index in [9.17, 15) is 0 Å². The molecule has 0 amide bonds. The average molecular weight is 248 g/mol. The van der Waals surface area contributed by atoms with Crippen molar-refractivity contribution in [2.24, 2.45) is 0 Å². The molecule has 0 aromatic heterocycles. The SMILES string of the molecule is Cc1ccc(OC(C)C)c(NC2CCNCC2)c1. The quantitative estimate of drug-likeness (QED) is 0.859. The largest absolute Gasteiger partial charge is 0.489 e. The van der Waals surface area contributed by atoms with Crippen LogP contribution in [0.5, 0.6) is 5.75 Å². The zero-order valence-corrected chi connectivity index (χ0v) is 11.6. The predicted molar refractivity (Wildman–Crippen MR) is 76.5 cm³/mol. The minimum Gasteiger partial charge on any atom is -0.489 e. The zero-order valence-electron chi connectivity index (χ0n) is 11.6. The molecule has 0 unspecified atom stereocenters. The summed E-state index contributed by atoms with van der Waals surface area (Å²) in [4.78, 5) is 0. The van der Waals surface area contributed by atoms with Crippen molar-refractivity contribution < 1.29 is 4.74 Å². The van der Waals surface area contributed by atoms with Crippen LogP contribution in [0.1, 0.15) is 32.3 Å². The minimum atomic E-state index is 0.210. The van der Waals surface area contributed by atoms with E-state index in [4.69, 9.17) is 4.74 Å². The van der Waals surface area contributed by atoms with Crippen LogP contribution in [0.3, 0.4) is 0 Å². The first-order chi connectivity index (χ1) is 8.65. The Kier molecular flexibility index (Phi) is 4.48. The summed E-state index contributed by atoms with van der Waals surface area (Å²) in [6.45, 7) is 8.45. The Labute approximate surface area is 110 Å². The molecule has 0 radical (unpaired) electrons. The van der Waals surface area contributed by atoms with Gasteiger partial charge in [-0.15, -0.1) is 0 Å². The summed E-state index contributed by atoms with van der Waals surface area (Å²) in [5.41, 5.74) is 2.40. The number of hydrogen-bond donors (Lipinski definition) is 2. The first-order valence-corrected chi connectivity index (χ1v) is 6.89. The molecule has 0 bridgehead atoms. The summed E-state index contributed by atoms with van der Waals surface area (Å²) >= 11 is 0. The highest BCUT2D eigenvalue weighted by Crippen LogP contribution is 2.28. The fourth-order valence-corrected chi connectivity index (χ4v) is 2.30. The Balaban J connectivity index is 2.10. The summed E-state index contributed by atoms with van der Waals surface area (Å²) < 4.78 is 5.86. The third-order valence-electron chi connectivity index (χ3n) is 3.20. The molecule has 1 aromatic carbocycles.